The second-order valence-electron chi connectivity index (χ2n) is 6.92. The number of aliphatic hydroxyl groups is 1. The van der Waals surface area contributed by atoms with E-state index in [1.165, 1.54) is 5.56 Å². The highest BCUT2D eigenvalue weighted by molar-refractivity contribution is 6.62. The number of rotatable bonds is 5. The standard InChI is InChI=1S/C17H27BO3/c1-6-7-14(12-19)13-8-10-15(11-9-13)18-20-16(2,3)17(4,5)21-18/h8-11,14,19H,6-7,12H2,1-5H3/t14-/m0/s1. The van der Waals surface area contributed by atoms with Gasteiger partial charge in [-0.1, -0.05) is 37.6 Å². The predicted octanol–water partition coefficient (Wildman–Crippen LogP) is 2.86. The summed E-state index contributed by atoms with van der Waals surface area (Å²) in [6, 6.07) is 8.26. The van der Waals surface area contributed by atoms with E-state index in [4.69, 9.17) is 9.31 Å². The van der Waals surface area contributed by atoms with Crippen molar-refractivity contribution >= 4 is 12.6 Å². The minimum absolute atomic E-state index is 0.198. The first-order valence-electron chi connectivity index (χ1n) is 7.87. The SMILES string of the molecule is CCC[C@@H](CO)c1ccc(B2OC(C)(C)C(C)(C)O2)cc1. The van der Waals surface area contributed by atoms with Crippen LogP contribution in [-0.4, -0.2) is 30.0 Å². The molecule has 0 saturated carbocycles. The topological polar surface area (TPSA) is 38.7 Å². The summed E-state index contributed by atoms with van der Waals surface area (Å²) in [4.78, 5) is 0. The monoisotopic (exact) mass is 290 g/mol. The summed E-state index contributed by atoms with van der Waals surface area (Å²) >= 11 is 0. The molecule has 2 rings (SSSR count). The molecule has 0 unspecified atom stereocenters. The molecule has 0 aliphatic carbocycles. The Morgan fingerprint density at radius 2 is 1.57 bits per heavy atom. The molecule has 0 amide bonds. The van der Waals surface area contributed by atoms with Crippen molar-refractivity contribution in [1.82, 2.24) is 0 Å². The van der Waals surface area contributed by atoms with Crippen molar-refractivity contribution in [1.29, 1.82) is 0 Å². The molecule has 1 heterocycles. The highest BCUT2D eigenvalue weighted by atomic mass is 16.7. The molecule has 0 radical (unpaired) electrons. The fraction of sp³-hybridized carbons (Fsp3) is 0.647. The predicted molar refractivity (Wildman–Crippen MR) is 86.9 cm³/mol. The van der Waals surface area contributed by atoms with E-state index in [-0.39, 0.29) is 30.8 Å². The average Bonchev–Trinajstić information content (AvgIpc) is 2.65. The van der Waals surface area contributed by atoms with Gasteiger partial charge in [0.1, 0.15) is 0 Å². The van der Waals surface area contributed by atoms with E-state index in [1.807, 2.05) is 0 Å². The zero-order valence-corrected chi connectivity index (χ0v) is 13.8. The van der Waals surface area contributed by atoms with Crippen LogP contribution in [0.5, 0.6) is 0 Å². The lowest BCUT2D eigenvalue weighted by atomic mass is 9.78. The maximum atomic E-state index is 9.48. The first kappa shape index (κ1) is 16.5. The molecule has 4 heteroatoms. The molecule has 21 heavy (non-hydrogen) atoms. The van der Waals surface area contributed by atoms with Crippen molar-refractivity contribution in [2.75, 3.05) is 6.61 Å². The molecule has 0 bridgehead atoms. The van der Waals surface area contributed by atoms with Gasteiger partial charge in [-0.05, 0) is 45.1 Å². The second kappa shape index (κ2) is 6.11. The normalized spacial score (nSPS) is 21.5. The summed E-state index contributed by atoms with van der Waals surface area (Å²) in [6.45, 7) is 10.6. The van der Waals surface area contributed by atoms with E-state index in [0.29, 0.717) is 0 Å². The van der Waals surface area contributed by atoms with Gasteiger partial charge < -0.3 is 14.4 Å². The molecule has 0 spiro atoms. The van der Waals surface area contributed by atoms with Crippen LogP contribution in [0.15, 0.2) is 24.3 Å². The highest BCUT2D eigenvalue weighted by Crippen LogP contribution is 2.36. The smallest absolute Gasteiger partial charge is 0.399 e. The van der Waals surface area contributed by atoms with E-state index in [0.717, 1.165) is 18.3 Å². The Balaban J connectivity index is 2.13. The minimum Gasteiger partial charge on any atom is -0.399 e. The van der Waals surface area contributed by atoms with Gasteiger partial charge in [-0.2, -0.15) is 0 Å². The second-order valence-corrected chi connectivity index (χ2v) is 6.92. The maximum Gasteiger partial charge on any atom is 0.494 e. The molecule has 0 aromatic heterocycles. The third kappa shape index (κ3) is 3.33. The molecule has 1 aliphatic rings. The number of hydrogen-bond donors (Lipinski definition) is 1. The van der Waals surface area contributed by atoms with Gasteiger partial charge >= 0.3 is 7.12 Å². The van der Waals surface area contributed by atoms with Crippen LogP contribution in [0.1, 0.15) is 58.9 Å². The van der Waals surface area contributed by atoms with Gasteiger partial charge in [0.15, 0.2) is 0 Å². The Bertz CT molecular complexity index is 451. The lowest BCUT2D eigenvalue weighted by Crippen LogP contribution is -2.41. The van der Waals surface area contributed by atoms with E-state index in [2.05, 4.69) is 58.9 Å². The molecule has 1 fully saturated rings. The average molecular weight is 290 g/mol. The van der Waals surface area contributed by atoms with Crippen LogP contribution in [0.2, 0.25) is 0 Å². The van der Waals surface area contributed by atoms with Crippen LogP contribution < -0.4 is 5.46 Å². The van der Waals surface area contributed by atoms with Gasteiger partial charge in [0.05, 0.1) is 11.2 Å². The zero-order valence-electron chi connectivity index (χ0n) is 13.8. The van der Waals surface area contributed by atoms with E-state index in [1.54, 1.807) is 0 Å². The molecule has 1 saturated heterocycles. The van der Waals surface area contributed by atoms with Crippen molar-refractivity contribution in [3.63, 3.8) is 0 Å². The summed E-state index contributed by atoms with van der Waals surface area (Å²) in [5.74, 6) is 0.224. The van der Waals surface area contributed by atoms with Gasteiger partial charge in [0.25, 0.3) is 0 Å². The first-order valence-corrected chi connectivity index (χ1v) is 7.87. The lowest BCUT2D eigenvalue weighted by molar-refractivity contribution is 0.00578. The fourth-order valence-corrected chi connectivity index (χ4v) is 2.62. The Morgan fingerprint density at radius 1 is 1.05 bits per heavy atom. The van der Waals surface area contributed by atoms with E-state index >= 15 is 0 Å². The Hall–Kier alpha value is -0.835. The van der Waals surface area contributed by atoms with E-state index in [9.17, 15) is 5.11 Å². The van der Waals surface area contributed by atoms with Crippen molar-refractivity contribution < 1.29 is 14.4 Å². The molecule has 1 aliphatic heterocycles. The van der Waals surface area contributed by atoms with Crippen molar-refractivity contribution in [2.45, 2.75) is 64.6 Å². The Morgan fingerprint density at radius 3 is 2.00 bits per heavy atom. The fourth-order valence-electron chi connectivity index (χ4n) is 2.62. The Kier molecular flexibility index (Phi) is 4.81. The Labute approximate surface area is 128 Å². The van der Waals surface area contributed by atoms with Crippen LogP contribution in [0.4, 0.5) is 0 Å². The summed E-state index contributed by atoms with van der Waals surface area (Å²) in [6.07, 6.45) is 2.08. The van der Waals surface area contributed by atoms with Crippen LogP contribution in [-0.2, 0) is 9.31 Å². The minimum atomic E-state index is -0.317. The largest absolute Gasteiger partial charge is 0.494 e. The first-order chi connectivity index (χ1) is 9.80. The third-order valence-electron chi connectivity index (χ3n) is 4.79. The van der Waals surface area contributed by atoms with Gasteiger partial charge in [0, 0.05) is 12.5 Å². The van der Waals surface area contributed by atoms with Crippen LogP contribution in [0.25, 0.3) is 0 Å². The molecule has 116 valence electrons. The van der Waals surface area contributed by atoms with Crippen LogP contribution in [0.3, 0.4) is 0 Å². The maximum absolute atomic E-state index is 9.48. The molecule has 1 aromatic rings. The molecule has 1 N–H and O–H groups in total. The highest BCUT2D eigenvalue weighted by Gasteiger charge is 2.51. The quantitative estimate of drug-likeness (QED) is 0.847. The third-order valence-corrected chi connectivity index (χ3v) is 4.79. The van der Waals surface area contributed by atoms with Crippen molar-refractivity contribution in [3.8, 4) is 0 Å². The molecule has 1 atom stereocenters. The van der Waals surface area contributed by atoms with Gasteiger partial charge in [0.2, 0.25) is 0 Å². The lowest BCUT2D eigenvalue weighted by Gasteiger charge is -2.32. The summed E-state index contributed by atoms with van der Waals surface area (Å²) in [5.41, 5.74) is 1.59. The van der Waals surface area contributed by atoms with Crippen molar-refractivity contribution in [3.05, 3.63) is 29.8 Å². The summed E-state index contributed by atoms with van der Waals surface area (Å²) < 4.78 is 12.1. The van der Waals surface area contributed by atoms with Crippen LogP contribution in [0, 0.1) is 0 Å². The summed E-state index contributed by atoms with van der Waals surface area (Å²) in [7, 11) is -0.317. The number of benzene rings is 1. The van der Waals surface area contributed by atoms with Crippen LogP contribution >= 0.6 is 0 Å². The van der Waals surface area contributed by atoms with Gasteiger partial charge in [-0.15, -0.1) is 0 Å². The molecular weight excluding hydrogens is 263 g/mol. The van der Waals surface area contributed by atoms with Gasteiger partial charge in [-0.3, -0.25) is 0 Å². The number of aliphatic hydroxyl groups excluding tert-OH is 1. The molecule has 3 nitrogen and oxygen atoms in total. The molecule has 1 aromatic carbocycles. The van der Waals surface area contributed by atoms with Crippen molar-refractivity contribution in [2.24, 2.45) is 0 Å². The summed E-state index contributed by atoms with van der Waals surface area (Å²) in [5, 5.41) is 9.48. The van der Waals surface area contributed by atoms with Gasteiger partial charge in [-0.25, -0.2) is 0 Å². The number of hydrogen-bond acceptors (Lipinski definition) is 3. The zero-order chi connectivity index (χ0) is 15.7. The van der Waals surface area contributed by atoms with E-state index < -0.39 is 0 Å². The molecular formula is C17H27BO3.